The maximum atomic E-state index is 11.8. The minimum atomic E-state index is -0.681. The Morgan fingerprint density at radius 1 is 1.17 bits per heavy atom. The number of fused-ring (bicyclic) bond motifs is 2. The SMILES string of the molecule is O=[N+]([O-])C([Se]c1ccccc1)C1COCc2cc3c(cc21)OCO3. The summed E-state index contributed by atoms with van der Waals surface area (Å²) in [6.07, 6.45) is 0. The van der Waals surface area contributed by atoms with Gasteiger partial charge in [0.2, 0.25) is 0 Å². The Kier molecular flexibility index (Phi) is 4.14. The van der Waals surface area contributed by atoms with Gasteiger partial charge in [-0.2, -0.15) is 0 Å². The number of nitro groups is 1. The van der Waals surface area contributed by atoms with E-state index in [0.29, 0.717) is 24.7 Å². The third-order valence-corrected chi connectivity index (χ3v) is 6.84. The zero-order valence-corrected chi connectivity index (χ0v) is 14.4. The summed E-state index contributed by atoms with van der Waals surface area (Å²) < 4.78 is 17.5. The van der Waals surface area contributed by atoms with E-state index in [-0.39, 0.29) is 32.6 Å². The summed E-state index contributed by atoms with van der Waals surface area (Å²) in [6.45, 7) is 0.995. The van der Waals surface area contributed by atoms with E-state index in [4.69, 9.17) is 14.2 Å². The first-order valence-corrected chi connectivity index (χ1v) is 9.42. The fraction of sp³-hybridized carbons (Fsp3) is 0.294. The molecule has 24 heavy (non-hydrogen) atoms. The van der Waals surface area contributed by atoms with Gasteiger partial charge in [-0.25, -0.2) is 0 Å². The summed E-state index contributed by atoms with van der Waals surface area (Å²) in [5.74, 6) is 1.07. The fourth-order valence-corrected chi connectivity index (χ4v) is 5.24. The Morgan fingerprint density at radius 2 is 1.92 bits per heavy atom. The zero-order chi connectivity index (χ0) is 16.5. The number of ether oxygens (including phenoxy) is 3. The van der Waals surface area contributed by atoms with Crippen molar-refractivity contribution in [3.8, 4) is 11.5 Å². The molecule has 0 aromatic heterocycles. The molecule has 7 heteroatoms. The summed E-state index contributed by atoms with van der Waals surface area (Å²) in [7, 11) is 0. The predicted molar refractivity (Wildman–Crippen MR) is 87.6 cm³/mol. The summed E-state index contributed by atoms with van der Waals surface area (Å²) in [5.41, 5.74) is 1.90. The molecule has 0 radical (unpaired) electrons. The molecule has 0 amide bonds. The molecule has 0 saturated heterocycles. The molecule has 2 heterocycles. The Bertz CT molecular complexity index is 767. The van der Waals surface area contributed by atoms with Crippen LogP contribution in [-0.4, -0.2) is 38.2 Å². The maximum absolute atomic E-state index is 11.8. The Morgan fingerprint density at radius 3 is 2.67 bits per heavy atom. The summed E-state index contributed by atoms with van der Waals surface area (Å²) in [4.78, 5) is 10.9. The van der Waals surface area contributed by atoms with Gasteiger partial charge in [0.25, 0.3) is 0 Å². The van der Waals surface area contributed by atoms with Crippen LogP contribution in [0.5, 0.6) is 11.5 Å². The van der Waals surface area contributed by atoms with Gasteiger partial charge >= 0.3 is 145 Å². The van der Waals surface area contributed by atoms with Crippen LogP contribution >= 0.6 is 0 Å². The molecule has 2 aromatic rings. The summed E-state index contributed by atoms with van der Waals surface area (Å²) >= 11 is -0.288. The van der Waals surface area contributed by atoms with Crippen molar-refractivity contribution in [3.63, 3.8) is 0 Å². The van der Waals surface area contributed by atoms with Crippen LogP contribution < -0.4 is 13.9 Å². The molecule has 2 aliphatic rings. The molecule has 0 saturated carbocycles. The van der Waals surface area contributed by atoms with Crippen LogP contribution in [0, 0.1) is 10.1 Å². The first kappa shape index (κ1) is 15.4. The van der Waals surface area contributed by atoms with Crippen molar-refractivity contribution in [1.29, 1.82) is 0 Å². The monoisotopic (exact) mass is 393 g/mol. The van der Waals surface area contributed by atoms with E-state index in [1.807, 2.05) is 42.5 Å². The van der Waals surface area contributed by atoms with Crippen molar-refractivity contribution in [3.05, 3.63) is 63.7 Å². The molecule has 4 rings (SSSR count). The Labute approximate surface area is 145 Å². The second kappa shape index (κ2) is 6.43. The van der Waals surface area contributed by atoms with Crippen molar-refractivity contribution >= 4 is 19.4 Å². The van der Waals surface area contributed by atoms with E-state index in [0.717, 1.165) is 15.6 Å². The van der Waals surface area contributed by atoms with Crippen LogP contribution in [0.2, 0.25) is 0 Å². The van der Waals surface area contributed by atoms with E-state index in [1.165, 1.54) is 0 Å². The third kappa shape index (κ3) is 2.86. The van der Waals surface area contributed by atoms with Crippen LogP contribution in [0.4, 0.5) is 0 Å². The second-order valence-corrected chi connectivity index (χ2v) is 8.13. The molecule has 0 bridgehead atoms. The standard InChI is InChI=1S/C17H15NO5Se/c19-18(20)17(24-12-4-2-1-3-5-12)14-9-21-8-11-6-15-16(7-13(11)14)23-10-22-15/h1-7,14,17H,8-10H2. The normalized spacial score (nSPS) is 19.6. The second-order valence-electron chi connectivity index (χ2n) is 5.63. The van der Waals surface area contributed by atoms with E-state index in [1.54, 1.807) is 0 Å². The van der Waals surface area contributed by atoms with Gasteiger partial charge in [-0.3, -0.25) is 0 Å². The number of nitrogens with zero attached hydrogens (tertiary/aromatic N) is 1. The van der Waals surface area contributed by atoms with Crippen LogP contribution in [0.1, 0.15) is 17.0 Å². The third-order valence-electron chi connectivity index (χ3n) is 4.14. The number of hydrogen-bond donors (Lipinski definition) is 0. The van der Waals surface area contributed by atoms with Gasteiger partial charge in [-0.15, -0.1) is 0 Å². The molecule has 0 fully saturated rings. The van der Waals surface area contributed by atoms with E-state index < -0.39 is 4.94 Å². The van der Waals surface area contributed by atoms with Crippen molar-refractivity contribution < 1.29 is 19.1 Å². The van der Waals surface area contributed by atoms with Gasteiger partial charge in [0.05, 0.1) is 0 Å². The molecular formula is C17H15NO5Se. The van der Waals surface area contributed by atoms with Crippen LogP contribution in [-0.2, 0) is 11.3 Å². The molecule has 0 N–H and O–H groups in total. The van der Waals surface area contributed by atoms with Crippen molar-refractivity contribution in [1.82, 2.24) is 0 Å². The quantitative estimate of drug-likeness (QED) is 0.450. The van der Waals surface area contributed by atoms with Gasteiger partial charge in [0.15, 0.2) is 0 Å². The van der Waals surface area contributed by atoms with Gasteiger partial charge in [-0.05, 0) is 0 Å². The van der Waals surface area contributed by atoms with Crippen molar-refractivity contribution in [2.75, 3.05) is 13.4 Å². The summed E-state index contributed by atoms with van der Waals surface area (Å²) in [6, 6.07) is 13.4. The predicted octanol–water partition coefficient (Wildman–Crippen LogP) is 1.66. The first-order chi connectivity index (χ1) is 11.7. The fourth-order valence-electron chi connectivity index (χ4n) is 3.00. The molecular weight excluding hydrogens is 377 g/mol. The van der Waals surface area contributed by atoms with Crippen molar-refractivity contribution in [2.45, 2.75) is 17.5 Å². The number of benzene rings is 2. The average Bonchev–Trinajstić information content (AvgIpc) is 3.05. The molecule has 2 atom stereocenters. The van der Waals surface area contributed by atoms with Crippen LogP contribution in [0.25, 0.3) is 0 Å². The van der Waals surface area contributed by atoms with Gasteiger partial charge in [0.1, 0.15) is 0 Å². The van der Waals surface area contributed by atoms with Gasteiger partial charge in [0, 0.05) is 0 Å². The van der Waals surface area contributed by atoms with Gasteiger partial charge in [-0.1, -0.05) is 0 Å². The number of hydrogen-bond acceptors (Lipinski definition) is 5. The van der Waals surface area contributed by atoms with E-state index >= 15 is 0 Å². The average molecular weight is 392 g/mol. The zero-order valence-electron chi connectivity index (χ0n) is 12.7. The summed E-state index contributed by atoms with van der Waals surface area (Å²) in [5, 5.41) is 11.8. The molecule has 2 unspecified atom stereocenters. The van der Waals surface area contributed by atoms with Crippen LogP contribution in [0.3, 0.4) is 0 Å². The topological polar surface area (TPSA) is 70.8 Å². The molecule has 0 spiro atoms. The molecule has 2 aromatic carbocycles. The Hall–Kier alpha value is -2.08. The van der Waals surface area contributed by atoms with Gasteiger partial charge < -0.3 is 0 Å². The van der Waals surface area contributed by atoms with E-state index in [2.05, 4.69) is 0 Å². The first-order valence-electron chi connectivity index (χ1n) is 7.58. The van der Waals surface area contributed by atoms with E-state index in [9.17, 15) is 10.1 Å². The Balaban J connectivity index is 1.69. The molecule has 6 nitrogen and oxygen atoms in total. The molecule has 0 aliphatic carbocycles. The van der Waals surface area contributed by atoms with Crippen molar-refractivity contribution in [2.24, 2.45) is 0 Å². The van der Waals surface area contributed by atoms with Crippen LogP contribution in [0.15, 0.2) is 42.5 Å². The molecule has 2 aliphatic heterocycles. The molecule has 124 valence electrons. The number of rotatable bonds is 4. The minimum absolute atomic E-state index is 0.166.